The summed E-state index contributed by atoms with van der Waals surface area (Å²) in [6.07, 6.45) is 3.27. The maximum absolute atomic E-state index is 10.7. The molecule has 0 bridgehead atoms. The van der Waals surface area contributed by atoms with E-state index in [1.54, 1.807) is 12.4 Å². The van der Waals surface area contributed by atoms with Crippen LogP contribution in [0.4, 0.5) is 0 Å². The minimum absolute atomic E-state index is 0.0330. The zero-order chi connectivity index (χ0) is 20.8. The number of nitrogens with zero attached hydrogens (tertiary/aromatic N) is 2. The van der Waals surface area contributed by atoms with Crippen molar-refractivity contribution < 1.29 is 15.3 Å². The summed E-state index contributed by atoms with van der Waals surface area (Å²) in [5, 5.41) is 29.7. The summed E-state index contributed by atoms with van der Waals surface area (Å²) in [5.74, 6) is 0.518. The maximum atomic E-state index is 10.7. The standard InChI is InChI=1S/C22H36N2O3/c1-14(2)19(12-25)23-10-16-8-18(22(5,6)7)9-17(21(16)27)11-24-20(13-26)15(3)4/h8-11,14-15,19-20,25-27H,12-13H2,1-7H3/t19-,20-/m1/s1. The summed E-state index contributed by atoms with van der Waals surface area (Å²) in [6, 6.07) is 3.44. The van der Waals surface area contributed by atoms with Gasteiger partial charge in [0.2, 0.25) is 0 Å². The van der Waals surface area contributed by atoms with E-state index in [-0.39, 0.29) is 48.3 Å². The van der Waals surface area contributed by atoms with Crippen LogP contribution < -0.4 is 0 Å². The number of hydrogen-bond donors (Lipinski definition) is 3. The second-order valence-electron chi connectivity index (χ2n) is 8.80. The molecule has 27 heavy (non-hydrogen) atoms. The van der Waals surface area contributed by atoms with Crippen molar-refractivity contribution in [1.82, 2.24) is 0 Å². The molecule has 1 rings (SSSR count). The fourth-order valence-electron chi connectivity index (χ4n) is 2.52. The van der Waals surface area contributed by atoms with Gasteiger partial charge in [0.25, 0.3) is 0 Å². The van der Waals surface area contributed by atoms with Gasteiger partial charge in [0, 0.05) is 23.6 Å². The minimum atomic E-state index is -0.209. The topological polar surface area (TPSA) is 85.4 Å². The average Bonchev–Trinajstić information content (AvgIpc) is 2.56. The number of benzene rings is 1. The summed E-state index contributed by atoms with van der Waals surface area (Å²) >= 11 is 0. The molecule has 0 saturated carbocycles. The molecule has 152 valence electrons. The van der Waals surface area contributed by atoms with Gasteiger partial charge in [-0.05, 0) is 34.9 Å². The summed E-state index contributed by atoms with van der Waals surface area (Å²) in [6.45, 7) is 14.3. The normalized spacial score (nSPS) is 15.4. The van der Waals surface area contributed by atoms with Crippen molar-refractivity contribution in [2.45, 2.75) is 66.0 Å². The van der Waals surface area contributed by atoms with Crippen LogP contribution in [-0.2, 0) is 5.41 Å². The van der Waals surface area contributed by atoms with E-state index in [2.05, 4.69) is 30.8 Å². The van der Waals surface area contributed by atoms with Gasteiger partial charge in [-0.3, -0.25) is 9.98 Å². The van der Waals surface area contributed by atoms with Crippen LogP contribution in [-0.4, -0.2) is 53.0 Å². The van der Waals surface area contributed by atoms with Crippen LogP contribution >= 0.6 is 0 Å². The third-order valence-corrected chi connectivity index (χ3v) is 4.76. The lowest BCUT2D eigenvalue weighted by molar-refractivity contribution is 0.240. The van der Waals surface area contributed by atoms with E-state index >= 15 is 0 Å². The highest BCUT2D eigenvalue weighted by molar-refractivity contribution is 5.92. The fraction of sp³-hybridized carbons (Fsp3) is 0.636. The predicted molar refractivity (Wildman–Crippen MR) is 113 cm³/mol. The zero-order valence-corrected chi connectivity index (χ0v) is 17.8. The molecule has 0 aliphatic heterocycles. The summed E-state index contributed by atoms with van der Waals surface area (Å²) in [7, 11) is 0. The summed E-state index contributed by atoms with van der Waals surface area (Å²) in [5.41, 5.74) is 2.15. The molecule has 5 nitrogen and oxygen atoms in total. The second-order valence-corrected chi connectivity index (χ2v) is 8.80. The number of rotatable bonds is 8. The maximum Gasteiger partial charge on any atom is 0.133 e. The van der Waals surface area contributed by atoms with E-state index in [1.807, 2.05) is 39.8 Å². The molecule has 0 aromatic heterocycles. The van der Waals surface area contributed by atoms with E-state index in [1.165, 1.54) is 0 Å². The van der Waals surface area contributed by atoms with Gasteiger partial charge in [-0.2, -0.15) is 0 Å². The van der Waals surface area contributed by atoms with Gasteiger partial charge in [-0.25, -0.2) is 0 Å². The van der Waals surface area contributed by atoms with Crippen molar-refractivity contribution in [3.05, 3.63) is 28.8 Å². The Balaban J connectivity index is 3.39. The van der Waals surface area contributed by atoms with E-state index in [0.717, 1.165) is 5.56 Å². The van der Waals surface area contributed by atoms with Crippen molar-refractivity contribution in [3.8, 4) is 5.75 Å². The number of aromatic hydroxyl groups is 1. The number of aliphatic hydroxyl groups excluding tert-OH is 2. The van der Waals surface area contributed by atoms with E-state index in [0.29, 0.717) is 11.1 Å². The van der Waals surface area contributed by atoms with Gasteiger partial charge in [-0.15, -0.1) is 0 Å². The van der Waals surface area contributed by atoms with E-state index in [9.17, 15) is 15.3 Å². The lowest BCUT2D eigenvalue weighted by Gasteiger charge is -2.21. The van der Waals surface area contributed by atoms with Gasteiger partial charge in [0.15, 0.2) is 0 Å². The SMILES string of the molecule is CC(C)[C@@H](CO)N=Cc1cc(C(C)(C)C)cc(C=N[C@H](CO)C(C)C)c1O. The quantitative estimate of drug-likeness (QED) is 0.606. The number of phenols is 1. The van der Waals surface area contributed by atoms with Crippen molar-refractivity contribution in [1.29, 1.82) is 0 Å². The lowest BCUT2D eigenvalue weighted by atomic mass is 9.85. The van der Waals surface area contributed by atoms with E-state index in [4.69, 9.17) is 0 Å². The highest BCUT2D eigenvalue weighted by atomic mass is 16.3. The Labute approximate surface area is 163 Å². The van der Waals surface area contributed by atoms with Crippen LogP contribution in [0.3, 0.4) is 0 Å². The number of aliphatic hydroxyl groups is 2. The molecular weight excluding hydrogens is 340 g/mol. The number of hydrogen-bond acceptors (Lipinski definition) is 5. The molecule has 0 heterocycles. The molecule has 0 aliphatic carbocycles. The highest BCUT2D eigenvalue weighted by Gasteiger charge is 2.19. The molecule has 3 N–H and O–H groups in total. The van der Waals surface area contributed by atoms with Crippen molar-refractivity contribution >= 4 is 12.4 Å². The Morgan fingerprint density at radius 2 is 1.22 bits per heavy atom. The van der Waals surface area contributed by atoms with Gasteiger partial charge in [0.05, 0.1) is 25.3 Å². The predicted octanol–water partition coefficient (Wildman–Crippen LogP) is 3.56. The second kappa shape index (κ2) is 10.00. The Morgan fingerprint density at radius 3 is 1.48 bits per heavy atom. The Bertz CT molecular complexity index is 611. The average molecular weight is 377 g/mol. The van der Waals surface area contributed by atoms with Crippen LogP contribution in [0.1, 0.15) is 65.2 Å². The molecule has 0 spiro atoms. The van der Waals surface area contributed by atoms with Crippen LogP contribution in [0, 0.1) is 11.8 Å². The minimum Gasteiger partial charge on any atom is -0.507 e. The summed E-state index contributed by atoms with van der Waals surface area (Å²) < 4.78 is 0. The molecule has 1 aromatic carbocycles. The molecule has 0 aliphatic rings. The molecule has 5 heteroatoms. The monoisotopic (exact) mass is 376 g/mol. The first kappa shape index (κ1) is 23.3. The fourth-order valence-corrected chi connectivity index (χ4v) is 2.52. The van der Waals surface area contributed by atoms with Gasteiger partial charge >= 0.3 is 0 Å². The first-order chi connectivity index (χ1) is 12.5. The molecule has 1 aromatic rings. The van der Waals surface area contributed by atoms with Gasteiger partial charge < -0.3 is 15.3 Å². The first-order valence-electron chi connectivity index (χ1n) is 9.66. The molecule has 0 unspecified atom stereocenters. The Morgan fingerprint density at radius 1 is 0.852 bits per heavy atom. The number of aliphatic imine (C=N–C) groups is 2. The molecule has 0 fully saturated rings. The lowest BCUT2D eigenvalue weighted by Crippen LogP contribution is -2.18. The number of phenolic OH excluding ortho intramolecular Hbond substituents is 1. The molecule has 0 saturated heterocycles. The Kier molecular flexibility index (Phi) is 8.63. The third-order valence-electron chi connectivity index (χ3n) is 4.76. The van der Waals surface area contributed by atoms with Crippen LogP contribution in [0.5, 0.6) is 5.75 Å². The van der Waals surface area contributed by atoms with Crippen molar-refractivity contribution in [2.75, 3.05) is 13.2 Å². The Hall–Kier alpha value is -1.72. The zero-order valence-electron chi connectivity index (χ0n) is 17.8. The molecule has 2 atom stereocenters. The summed E-state index contributed by atoms with van der Waals surface area (Å²) in [4.78, 5) is 8.91. The van der Waals surface area contributed by atoms with Crippen molar-refractivity contribution in [3.63, 3.8) is 0 Å². The molecular formula is C22H36N2O3. The van der Waals surface area contributed by atoms with Crippen LogP contribution in [0.25, 0.3) is 0 Å². The van der Waals surface area contributed by atoms with Gasteiger partial charge in [-0.1, -0.05) is 48.5 Å². The van der Waals surface area contributed by atoms with Crippen LogP contribution in [0.2, 0.25) is 0 Å². The van der Waals surface area contributed by atoms with E-state index < -0.39 is 0 Å². The smallest absolute Gasteiger partial charge is 0.133 e. The van der Waals surface area contributed by atoms with Crippen molar-refractivity contribution in [2.24, 2.45) is 21.8 Å². The highest BCUT2D eigenvalue weighted by Crippen LogP contribution is 2.30. The molecule has 0 amide bonds. The largest absolute Gasteiger partial charge is 0.507 e. The van der Waals surface area contributed by atoms with Crippen LogP contribution in [0.15, 0.2) is 22.1 Å². The molecule has 0 radical (unpaired) electrons. The first-order valence-corrected chi connectivity index (χ1v) is 9.66. The van der Waals surface area contributed by atoms with Gasteiger partial charge in [0.1, 0.15) is 5.75 Å². The third kappa shape index (κ3) is 6.74.